The molecule has 1 atom stereocenters. The number of rotatable bonds is 4. The average Bonchev–Trinajstić information content (AvgIpc) is 2.95. The van der Waals surface area contributed by atoms with Crippen LogP contribution in [0, 0.1) is 5.82 Å². The molecule has 2 aromatic rings. The highest BCUT2D eigenvalue weighted by atomic mass is 32.2. The van der Waals surface area contributed by atoms with Crippen LogP contribution in [0.25, 0.3) is 0 Å². The van der Waals surface area contributed by atoms with E-state index in [4.69, 9.17) is 5.11 Å². The van der Waals surface area contributed by atoms with Crippen molar-refractivity contribution >= 4 is 29.1 Å². The van der Waals surface area contributed by atoms with Gasteiger partial charge in [0, 0.05) is 9.77 Å². The number of aliphatic carboxylic acids is 1. The van der Waals surface area contributed by atoms with Gasteiger partial charge in [-0.25, -0.2) is 9.37 Å². The summed E-state index contributed by atoms with van der Waals surface area (Å²) in [5, 5.41) is 10.0. The first kappa shape index (κ1) is 13.6. The summed E-state index contributed by atoms with van der Waals surface area (Å²) in [6.45, 7) is 0. The van der Waals surface area contributed by atoms with Gasteiger partial charge in [0.15, 0.2) is 0 Å². The van der Waals surface area contributed by atoms with Crippen LogP contribution in [0.15, 0.2) is 29.2 Å². The standard InChI is InChI=1S/C14H12FNO2S2/c15-8-2-1-3-9(6-8)19-7-12-16-13-10(14(17)18)4-5-11(13)20-12/h1-3,6,10H,4-5,7H2,(H,17,18). The van der Waals surface area contributed by atoms with E-state index in [9.17, 15) is 9.18 Å². The monoisotopic (exact) mass is 309 g/mol. The number of carboxylic acids is 1. The van der Waals surface area contributed by atoms with E-state index in [0.717, 1.165) is 26.9 Å². The van der Waals surface area contributed by atoms with E-state index in [1.807, 2.05) is 6.07 Å². The summed E-state index contributed by atoms with van der Waals surface area (Å²) in [6.07, 6.45) is 1.45. The third kappa shape index (κ3) is 2.71. The Balaban J connectivity index is 1.71. The highest BCUT2D eigenvalue weighted by molar-refractivity contribution is 7.98. The zero-order valence-electron chi connectivity index (χ0n) is 10.5. The van der Waals surface area contributed by atoms with Gasteiger partial charge in [0.1, 0.15) is 16.7 Å². The number of thioether (sulfide) groups is 1. The van der Waals surface area contributed by atoms with Crippen molar-refractivity contribution in [2.75, 3.05) is 0 Å². The molecule has 0 saturated heterocycles. The molecule has 1 aromatic carbocycles. The maximum atomic E-state index is 13.1. The lowest BCUT2D eigenvalue weighted by Gasteiger charge is -2.02. The summed E-state index contributed by atoms with van der Waals surface area (Å²) in [5.41, 5.74) is 0.734. The maximum Gasteiger partial charge on any atom is 0.312 e. The van der Waals surface area contributed by atoms with Crippen LogP contribution in [0.1, 0.15) is 27.9 Å². The SMILES string of the molecule is O=C(O)C1CCc2sc(CSc3cccc(F)c3)nc21. The Bertz CT molecular complexity index is 656. The molecule has 20 heavy (non-hydrogen) atoms. The zero-order valence-corrected chi connectivity index (χ0v) is 12.1. The van der Waals surface area contributed by atoms with Crippen molar-refractivity contribution in [3.8, 4) is 0 Å². The number of hydrogen-bond acceptors (Lipinski definition) is 4. The second-order valence-electron chi connectivity index (χ2n) is 4.59. The van der Waals surface area contributed by atoms with Crippen LogP contribution >= 0.6 is 23.1 Å². The number of aromatic nitrogens is 1. The number of halogens is 1. The molecule has 1 heterocycles. The molecule has 1 aromatic heterocycles. The first-order chi connectivity index (χ1) is 9.63. The van der Waals surface area contributed by atoms with Crippen LogP contribution in [0.4, 0.5) is 4.39 Å². The number of nitrogens with zero attached hydrogens (tertiary/aromatic N) is 1. The van der Waals surface area contributed by atoms with Crippen LogP contribution in [-0.4, -0.2) is 16.1 Å². The smallest absolute Gasteiger partial charge is 0.312 e. The number of carboxylic acid groups (broad SMARTS) is 1. The molecule has 1 aliphatic carbocycles. The van der Waals surface area contributed by atoms with Gasteiger partial charge in [0.2, 0.25) is 0 Å². The molecule has 0 radical (unpaired) electrons. The lowest BCUT2D eigenvalue weighted by atomic mass is 10.1. The highest BCUT2D eigenvalue weighted by Gasteiger charge is 2.32. The fourth-order valence-electron chi connectivity index (χ4n) is 2.28. The van der Waals surface area contributed by atoms with Crippen molar-refractivity contribution in [2.45, 2.75) is 29.4 Å². The summed E-state index contributed by atoms with van der Waals surface area (Å²) in [4.78, 5) is 17.5. The summed E-state index contributed by atoms with van der Waals surface area (Å²) < 4.78 is 13.1. The van der Waals surface area contributed by atoms with E-state index in [1.54, 1.807) is 17.4 Å². The molecule has 1 N–H and O–H groups in total. The third-order valence-corrected chi connectivity index (χ3v) is 5.54. The van der Waals surface area contributed by atoms with Gasteiger partial charge in [-0.2, -0.15) is 0 Å². The Kier molecular flexibility index (Phi) is 3.76. The van der Waals surface area contributed by atoms with Crippen molar-refractivity contribution in [1.82, 2.24) is 4.98 Å². The Morgan fingerprint density at radius 1 is 1.55 bits per heavy atom. The molecular weight excluding hydrogens is 297 g/mol. The van der Waals surface area contributed by atoms with Crippen LogP contribution in [0.3, 0.4) is 0 Å². The Morgan fingerprint density at radius 3 is 3.15 bits per heavy atom. The van der Waals surface area contributed by atoms with Crippen LogP contribution in [-0.2, 0) is 17.0 Å². The minimum absolute atomic E-state index is 0.248. The zero-order chi connectivity index (χ0) is 14.1. The molecule has 0 amide bonds. The molecule has 104 valence electrons. The maximum absolute atomic E-state index is 13.1. The summed E-state index contributed by atoms with van der Waals surface area (Å²) >= 11 is 3.09. The van der Waals surface area contributed by atoms with Gasteiger partial charge in [-0.05, 0) is 31.0 Å². The molecule has 0 spiro atoms. The molecule has 0 saturated carbocycles. The van der Waals surface area contributed by atoms with Crippen LogP contribution in [0.2, 0.25) is 0 Å². The minimum Gasteiger partial charge on any atom is -0.481 e. The van der Waals surface area contributed by atoms with E-state index in [-0.39, 0.29) is 5.82 Å². The summed E-state index contributed by atoms with van der Waals surface area (Å²) in [7, 11) is 0. The molecule has 1 unspecified atom stereocenters. The molecule has 6 heteroatoms. The molecular formula is C14H12FNO2S2. The lowest BCUT2D eigenvalue weighted by molar-refractivity contribution is -0.138. The number of aryl methyl sites for hydroxylation is 1. The molecule has 0 fully saturated rings. The fourth-order valence-corrected chi connectivity index (χ4v) is 4.36. The quantitative estimate of drug-likeness (QED) is 0.875. The average molecular weight is 309 g/mol. The first-order valence-corrected chi connectivity index (χ1v) is 8.03. The molecule has 3 nitrogen and oxygen atoms in total. The van der Waals surface area contributed by atoms with Crippen molar-refractivity contribution in [1.29, 1.82) is 0 Å². The molecule has 3 rings (SSSR count). The Labute approximate surface area is 123 Å². The number of hydrogen-bond donors (Lipinski definition) is 1. The normalized spacial score (nSPS) is 17.1. The number of benzene rings is 1. The second-order valence-corrected chi connectivity index (χ2v) is 6.81. The van der Waals surface area contributed by atoms with Crippen molar-refractivity contribution in [2.24, 2.45) is 0 Å². The first-order valence-electron chi connectivity index (χ1n) is 6.23. The van der Waals surface area contributed by atoms with Crippen LogP contribution in [0.5, 0.6) is 0 Å². The van der Waals surface area contributed by atoms with E-state index in [0.29, 0.717) is 12.2 Å². The van der Waals surface area contributed by atoms with E-state index in [2.05, 4.69) is 4.98 Å². The molecule has 0 aliphatic heterocycles. The van der Waals surface area contributed by atoms with Gasteiger partial charge in [-0.15, -0.1) is 23.1 Å². The molecule has 0 bridgehead atoms. The van der Waals surface area contributed by atoms with Gasteiger partial charge < -0.3 is 5.11 Å². The highest BCUT2D eigenvalue weighted by Crippen LogP contribution is 2.38. The minimum atomic E-state index is -0.793. The fraction of sp³-hybridized carbons (Fsp3) is 0.286. The van der Waals surface area contributed by atoms with E-state index >= 15 is 0 Å². The predicted octanol–water partition coefficient (Wildman–Crippen LogP) is 3.69. The van der Waals surface area contributed by atoms with Gasteiger partial charge in [0.05, 0.1) is 11.4 Å². The van der Waals surface area contributed by atoms with Crippen LogP contribution < -0.4 is 0 Å². The summed E-state index contributed by atoms with van der Waals surface area (Å²) in [6, 6.07) is 6.44. The number of carbonyl (C=O) groups is 1. The Hall–Kier alpha value is -1.40. The van der Waals surface area contributed by atoms with Crippen molar-refractivity contribution < 1.29 is 14.3 Å². The third-order valence-electron chi connectivity index (χ3n) is 3.22. The van der Waals surface area contributed by atoms with Gasteiger partial charge in [-0.3, -0.25) is 4.79 Å². The second kappa shape index (κ2) is 5.54. The summed E-state index contributed by atoms with van der Waals surface area (Å²) in [5.74, 6) is -0.844. The van der Waals surface area contributed by atoms with Crippen molar-refractivity contribution in [3.05, 3.63) is 45.7 Å². The van der Waals surface area contributed by atoms with Gasteiger partial charge in [0.25, 0.3) is 0 Å². The Morgan fingerprint density at radius 2 is 2.40 bits per heavy atom. The largest absolute Gasteiger partial charge is 0.481 e. The van der Waals surface area contributed by atoms with Gasteiger partial charge in [-0.1, -0.05) is 6.07 Å². The lowest BCUT2D eigenvalue weighted by Crippen LogP contribution is -2.08. The van der Waals surface area contributed by atoms with Crippen molar-refractivity contribution in [3.63, 3.8) is 0 Å². The molecule has 1 aliphatic rings. The van der Waals surface area contributed by atoms with E-state index < -0.39 is 11.9 Å². The topological polar surface area (TPSA) is 50.2 Å². The van der Waals surface area contributed by atoms with E-state index in [1.165, 1.54) is 23.9 Å². The number of thiazole rings is 1. The predicted molar refractivity (Wildman–Crippen MR) is 76.8 cm³/mol. The number of fused-ring (bicyclic) bond motifs is 1. The van der Waals surface area contributed by atoms with Gasteiger partial charge >= 0.3 is 5.97 Å².